The van der Waals surface area contributed by atoms with Gasteiger partial charge in [-0.2, -0.15) is 17.5 Å². The molecule has 12 heteroatoms. The predicted molar refractivity (Wildman–Crippen MR) is 139 cm³/mol. The van der Waals surface area contributed by atoms with Gasteiger partial charge in [0.15, 0.2) is 5.75 Å². The first kappa shape index (κ1) is 28.7. The lowest BCUT2D eigenvalue weighted by Gasteiger charge is -2.34. The molecule has 3 aromatic rings. The molecule has 1 atom stereocenters. The summed E-state index contributed by atoms with van der Waals surface area (Å²) in [5.41, 5.74) is 0.369. The summed E-state index contributed by atoms with van der Waals surface area (Å²) < 4.78 is 73.3. The van der Waals surface area contributed by atoms with Crippen LogP contribution in [0.25, 0.3) is 0 Å². The largest absolute Gasteiger partial charge is 0.505 e. The molecule has 1 heterocycles. The molecule has 1 saturated heterocycles. The highest BCUT2D eigenvalue weighted by Crippen LogP contribution is 2.36. The smallest absolute Gasteiger partial charge is 0.416 e. The van der Waals surface area contributed by atoms with E-state index in [9.17, 15) is 26.7 Å². The van der Waals surface area contributed by atoms with Crippen LogP contribution < -0.4 is 0 Å². The molecule has 6 nitrogen and oxygen atoms in total. The fourth-order valence-electron chi connectivity index (χ4n) is 4.26. The Morgan fingerprint density at radius 1 is 0.921 bits per heavy atom. The van der Waals surface area contributed by atoms with E-state index in [-0.39, 0.29) is 34.6 Å². The number of piperazine rings is 1. The van der Waals surface area contributed by atoms with E-state index in [2.05, 4.69) is 0 Å². The molecule has 1 fully saturated rings. The summed E-state index contributed by atoms with van der Waals surface area (Å²) in [7, 11) is -4.02. The van der Waals surface area contributed by atoms with Crippen molar-refractivity contribution in [2.24, 2.45) is 0 Å². The lowest BCUT2D eigenvalue weighted by molar-refractivity contribution is -0.137. The maximum atomic E-state index is 13.3. The zero-order valence-corrected chi connectivity index (χ0v) is 22.4. The minimum Gasteiger partial charge on any atom is -0.505 e. The average molecular weight is 589 g/mol. The van der Waals surface area contributed by atoms with Gasteiger partial charge in [0.2, 0.25) is 10.0 Å². The van der Waals surface area contributed by atoms with Crippen molar-refractivity contribution in [3.05, 3.63) is 93.5 Å². The molecule has 0 radical (unpaired) electrons. The molecule has 0 amide bonds. The van der Waals surface area contributed by atoms with Gasteiger partial charge in [0, 0.05) is 37.7 Å². The van der Waals surface area contributed by atoms with Crippen LogP contribution in [-0.4, -0.2) is 62.1 Å². The van der Waals surface area contributed by atoms with Crippen molar-refractivity contribution in [3.63, 3.8) is 0 Å². The summed E-state index contributed by atoms with van der Waals surface area (Å²) in [4.78, 5) is 1.66. The van der Waals surface area contributed by atoms with Crippen molar-refractivity contribution in [1.29, 1.82) is 0 Å². The van der Waals surface area contributed by atoms with Crippen molar-refractivity contribution in [1.82, 2.24) is 9.21 Å². The Morgan fingerprint density at radius 3 is 2.24 bits per heavy atom. The van der Waals surface area contributed by atoms with Crippen LogP contribution >= 0.6 is 23.2 Å². The zero-order valence-electron chi connectivity index (χ0n) is 20.0. The first-order valence-corrected chi connectivity index (χ1v) is 13.9. The number of alkyl halides is 3. The van der Waals surface area contributed by atoms with Crippen molar-refractivity contribution in [2.45, 2.75) is 17.2 Å². The molecule has 3 aromatic carbocycles. The first-order chi connectivity index (χ1) is 18.0. The Balaban J connectivity index is 1.40. The Morgan fingerprint density at radius 2 is 1.58 bits per heavy atom. The highest BCUT2D eigenvalue weighted by atomic mass is 35.5. The molecule has 0 aliphatic carbocycles. The summed E-state index contributed by atoms with van der Waals surface area (Å²) in [6, 6.07) is 16.5. The second-order valence-corrected chi connectivity index (χ2v) is 11.5. The second kappa shape index (κ2) is 11.8. The summed E-state index contributed by atoms with van der Waals surface area (Å²) in [6.07, 6.45) is -5.17. The SMILES string of the molecule is O=S(=O)(c1cc(Cl)cc(Cl)c1O)N1CCN(CCOC(c2ccccc2)c2cccc(C(F)(F)F)c2)CC1. The van der Waals surface area contributed by atoms with Crippen LogP contribution in [-0.2, 0) is 20.9 Å². The Kier molecular flexibility index (Phi) is 8.91. The number of phenolic OH excluding ortho intramolecular Hbond substituents is 1. The third-order valence-electron chi connectivity index (χ3n) is 6.25. The van der Waals surface area contributed by atoms with E-state index in [1.54, 1.807) is 30.3 Å². The summed E-state index contributed by atoms with van der Waals surface area (Å²) in [6.45, 7) is 1.80. The number of aromatic hydroxyl groups is 1. The van der Waals surface area contributed by atoms with Crippen molar-refractivity contribution in [2.75, 3.05) is 39.3 Å². The molecule has 204 valence electrons. The van der Waals surface area contributed by atoms with Crippen molar-refractivity contribution < 1.29 is 31.4 Å². The molecule has 1 aliphatic heterocycles. The van der Waals surface area contributed by atoms with Gasteiger partial charge in [-0.3, -0.25) is 4.90 Å². The molecule has 4 rings (SSSR count). The van der Waals surface area contributed by atoms with Gasteiger partial charge in [-0.15, -0.1) is 0 Å². The zero-order chi connectivity index (χ0) is 27.5. The van der Waals surface area contributed by atoms with Crippen LogP contribution in [0.3, 0.4) is 0 Å². The molecule has 0 saturated carbocycles. The number of rotatable bonds is 8. The number of nitrogens with zero attached hydrogens (tertiary/aromatic N) is 2. The normalized spacial score (nSPS) is 16.4. The fraction of sp³-hybridized carbons (Fsp3) is 0.308. The average Bonchev–Trinajstić information content (AvgIpc) is 2.89. The second-order valence-electron chi connectivity index (χ2n) is 8.76. The fourth-order valence-corrected chi connectivity index (χ4v) is 6.43. The van der Waals surface area contributed by atoms with Crippen LogP contribution in [0, 0.1) is 0 Å². The number of hydrogen-bond donors (Lipinski definition) is 1. The number of ether oxygens (including phenoxy) is 1. The topological polar surface area (TPSA) is 70.1 Å². The van der Waals surface area contributed by atoms with Crippen LogP contribution in [0.4, 0.5) is 13.2 Å². The van der Waals surface area contributed by atoms with Crippen molar-refractivity contribution in [3.8, 4) is 5.75 Å². The van der Waals surface area contributed by atoms with Gasteiger partial charge in [0.25, 0.3) is 0 Å². The molecule has 1 N–H and O–H groups in total. The Bertz CT molecular complexity index is 1370. The number of hydrogen-bond acceptors (Lipinski definition) is 5. The monoisotopic (exact) mass is 588 g/mol. The van der Waals surface area contributed by atoms with E-state index in [0.29, 0.717) is 25.2 Å². The quantitative estimate of drug-likeness (QED) is 0.358. The van der Waals surface area contributed by atoms with Gasteiger partial charge in [0.1, 0.15) is 11.0 Å². The lowest BCUT2D eigenvalue weighted by atomic mass is 9.99. The van der Waals surface area contributed by atoms with E-state index >= 15 is 0 Å². The third kappa shape index (κ3) is 6.62. The van der Waals surface area contributed by atoms with E-state index in [1.807, 2.05) is 11.0 Å². The molecule has 1 unspecified atom stereocenters. The number of phenols is 1. The summed E-state index contributed by atoms with van der Waals surface area (Å²) >= 11 is 11.8. The minimum atomic E-state index is -4.47. The summed E-state index contributed by atoms with van der Waals surface area (Å²) in [5.74, 6) is -0.548. The molecule has 0 spiro atoms. The Hall–Kier alpha value is -2.34. The maximum absolute atomic E-state index is 13.3. The molecule has 0 bridgehead atoms. The Labute approximate surface area is 229 Å². The third-order valence-corrected chi connectivity index (χ3v) is 8.67. The number of halogens is 5. The molecule has 1 aliphatic rings. The van der Waals surface area contributed by atoms with Crippen LogP contribution in [0.15, 0.2) is 71.6 Å². The van der Waals surface area contributed by atoms with Gasteiger partial charge in [0.05, 0.1) is 17.2 Å². The van der Waals surface area contributed by atoms with Gasteiger partial charge in [-0.25, -0.2) is 8.42 Å². The van der Waals surface area contributed by atoms with E-state index in [1.165, 1.54) is 16.4 Å². The maximum Gasteiger partial charge on any atom is 0.416 e. The van der Waals surface area contributed by atoms with Gasteiger partial charge >= 0.3 is 6.18 Å². The standard InChI is InChI=1S/C26H25Cl2F3N2O4S/c27-21-16-22(28)24(34)23(17-21)38(35,36)33-11-9-32(10-12-33)13-14-37-25(18-5-2-1-3-6-18)19-7-4-8-20(15-19)26(29,30)31/h1-8,15-17,25,34H,9-14H2. The van der Waals surface area contributed by atoms with Crippen LogP contribution in [0.5, 0.6) is 5.75 Å². The lowest BCUT2D eigenvalue weighted by Crippen LogP contribution is -2.49. The molecular formula is C26H25Cl2F3N2O4S. The summed E-state index contributed by atoms with van der Waals surface area (Å²) in [5, 5.41) is 10.1. The van der Waals surface area contributed by atoms with Gasteiger partial charge in [-0.05, 0) is 35.4 Å². The van der Waals surface area contributed by atoms with Crippen LogP contribution in [0.2, 0.25) is 10.0 Å². The van der Waals surface area contributed by atoms with Crippen molar-refractivity contribution >= 4 is 33.2 Å². The molecule has 0 aromatic heterocycles. The van der Waals surface area contributed by atoms with E-state index in [0.717, 1.165) is 23.8 Å². The number of sulfonamides is 1. The number of benzene rings is 3. The van der Waals surface area contributed by atoms with Gasteiger partial charge < -0.3 is 9.84 Å². The van der Waals surface area contributed by atoms with Gasteiger partial charge in [-0.1, -0.05) is 65.7 Å². The highest BCUT2D eigenvalue weighted by molar-refractivity contribution is 7.89. The molecular weight excluding hydrogens is 564 g/mol. The predicted octanol–water partition coefficient (Wildman–Crippen LogP) is 5.83. The minimum absolute atomic E-state index is 0.0934. The molecule has 38 heavy (non-hydrogen) atoms. The van der Waals surface area contributed by atoms with Crippen LogP contribution in [0.1, 0.15) is 22.8 Å². The highest BCUT2D eigenvalue weighted by Gasteiger charge is 2.33. The first-order valence-electron chi connectivity index (χ1n) is 11.7. The van der Waals surface area contributed by atoms with E-state index < -0.39 is 33.6 Å². The van der Waals surface area contributed by atoms with E-state index in [4.69, 9.17) is 27.9 Å².